The van der Waals surface area contributed by atoms with Crippen LogP contribution in [0.4, 0.5) is 5.00 Å². The van der Waals surface area contributed by atoms with E-state index < -0.39 is 0 Å². The van der Waals surface area contributed by atoms with Crippen LogP contribution >= 0.6 is 11.3 Å². The molecule has 3 N–H and O–H groups in total. The fourth-order valence-corrected chi connectivity index (χ4v) is 3.38. The van der Waals surface area contributed by atoms with Crippen molar-refractivity contribution in [3.8, 4) is 16.9 Å². The van der Waals surface area contributed by atoms with E-state index in [4.69, 9.17) is 10.5 Å². The van der Waals surface area contributed by atoms with Gasteiger partial charge in [-0.15, -0.1) is 11.3 Å². The predicted octanol–water partition coefficient (Wildman–Crippen LogP) is 3.03. The van der Waals surface area contributed by atoms with Gasteiger partial charge in [-0.05, 0) is 19.9 Å². The van der Waals surface area contributed by atoms with Crippen LogP contribution in [0.2, 0.25) is 0 Å². The molecule has 0 saturated carbocycles. The Hall–Kier alpha value is -2.01. The third-order valence-electron chi connectivity index (χ3n) is 3.17. The van der Waals surface area contributed by atoms with E-state index in [1.165, 1.54) is 11.3 Å². The zero-order valence-electron chi connectivity index (χ0n) is 11.4. The minimum Gasteiger partial charge on any atom is -0.487 e. The van der Waals surface area contributed by atoms with Crippen molar-refractivity contribution in [3.05, 3.63) is 34.7 Å². The van der Waals surface area contributed by atoms with Gasteiger partial charge in [-0.3, -0.25) is 4.79 Å². The topological polar surface area (TPSA) is 64.4 Å². The molecule has 104 valence electrons. The summed E-state index contributed by atoms with van der Waals surface area (Å²) in [7, 11) is 0. The molecule has 1 aliphatic heterocycles. The van der Waals surface area contributed by atoms with Gasteiger partial charge >= 0.3 is 0 Å². The maximum Gasteiger partial charge on any atom is 0.255 e. The lowest BCUT2D eigenvalue weighted by Gasteiger charge is -2.19. The molecule has 2 heterocycles. The Kier molecular flexibility index (Phi) is 3.14. The summed E-state index contributed by atoms with van der Waals surface area (Å²) in [6.45, 7) is 4.34. The smallest absolute Gasteiger partial charge is 0.255 e. The maximum atomic E-state index is 12.4. The summed E-state index contributed by atoms with van der Waals surface area (Å²) >= 11 is 1.43. The van der Waals surface area contributed by atoms with Crippen molar-refractivity contribution in [2.24, 2.45) is 0 Å². The monoisotopic (exact) mass is 288 g/mol. The molecule has 4 nitrogen and oxygen atoms in total. The third kappa shape index (κ3) is 2.04. The van der Waals surface area contributed by atoms with Gasteiger partial charge in [0.1, 0.15) is 12.4 Å². The molecule has 1 amide bonds. The quantitative estimate of drug-likeness (QED) is 0.892. The molecular formula is C15H16N2O2S. The molecule has 5 heteroatoms. The Labute approximate surface area is 121 Å². The lowest BCUT2D eigenvalue weighted by Crippen LogP contribution is -2.30. The lowest BCUT2D eigenvalue weighted by atomic mass is 9.98. The van der Waals surface area contributed by atoms with E-state index in [9.17, 15) is 4.79 Å². The molecule has 2 aromatic rings. The SMILES string of the molecule is CC(C)NC(=O)c1c(N)sc2c1-c1ccccc1OC2. The van der Waals surface area contributed by atoms with Crippen LogP contribution in [0.15, 0.2) is 24.3 Å². The summed E-state index contributed by atoms with van der Waals surface area (Å²) in [4.78, 5) is 13.4. The molecule has 0 saturated heterocycles. The van der Waals surface area contributed by atoms with Gasteiger partial charge in [0.05, 0.1) is 15.4 Å². The van der Waals surface area contributed by atoms with Crippen LogP contribution in [0.25, 0.3) is 11.1 Å². The first-order valence-electron chi connectivity index (χ1n) is 6.52. The van der Waals surface area contributed by atoms with Crippen LogP contribution in [0, 0.1) is 0 Å². The van der Waals surface area contributed by atoms with Gasteiger partial charge in [-0.1, -0.05) is 18.2 Å². The molecule has 0 bridgehead atoms. The second-order valence-electron chi connectivity index (χ2n) is 5.05. The number of rotatable bonds is 2. The molecular weight excluding hydrogens is 272 g/mol. The Balaban J connectivity index is 2.15. The van der Waals surface area contributed by atoms with Crippen molar-refractivity contribution in [1.82, 2.24) is 5.32 Å². The molecule has 1 aliphatic rings. The van der Waals surface area contributed by atoms with E-state index in [2.05, 4.69) is 5.32 Å². The zero-order valence-corrected chi connectivity index (χ0v) is 12.2. The van der Waals surface area contributed by atoms with Crippen LogP contribution in [0.3, 0.4) is 0 Å². The van der Waals surface area contributed by atoms with E-state index in [0.29, 0.717) is 17.2 Å². The number of hydrogen-bond acceptors (Lipinski definition) is 4. The molecule has 1 aromatic carbocycles. The standard InChI is InChI=1S/C15H16N2O2S/c1-8(2)17-15(18)13-12-9-5-3-4-6-10(9)19-7-11(12)20-14(13)16/h3-6,8H,7,16H2,1-2H3,(H,17,18). The molecule has 0 radical (unpaired) electrons. The van der Waals surface area contributed by atoms with Gasteiger partial charge in [0.15, 0.2) is 0 Å². The number of nitrogens with one attached hydrogen (secondary N) is 1. The van der Waals surface area contributed by atoms with Gasteiger partial charge in [0.25, 0.3) is 5.91 Å². The van der Waals surface area contributed by atoms with Gasteiger partial charge in [-0.2, -0.15) is 0 Å². The van der Waals surface area contributed by atoms with Crippen molar-refractivity contribution in [2.45, 2.75) is 26.5 Å². The largest absolute Gasteiger partial charge is 0.487 e. The molecule has 0 spiro atoms. The zero-order chi connectivity index (χ0) is 14.3. The number of benzene rings is 1. The van der Waals surface area contributed by atoms with Gasteiger partial charge < -0.3 is 15.8 Å². The third-order valence-corrected chi connectivity index (χ3v) is 4.16. The minimum atomic E-state index is -0.119. The number of fused-ring (bicyclic) bond motifs is 3. The number of thiophene rings is 1. The average Bonchev–Trinajstić information content (AvgIpc) is 2.74. The highest BCUT2D eigenvalue weighted by atomic mass is 32.1. The van der Waals surface area contributed by atoms with Gasteiger partial charge in [0.2, 0.25) is 0 Å². The van der Waals surface area contributed by atoms with E-state index >= 15 is 0 Å². The highest BCUT2D eigenvalue weighted by Crippen LogP contribution is 2.45. The summed E-state index contributed by atoms with van der Waals surface area (Å²) in [6.07, 6.45) is 0. The van der Waals surface area contributed by atoms with Crippen LogP contribution in [0.5, 0.6) is 5.75 Å². The number of amides is 1. The van der Waals surface area contributed by atoms with Crippen molar-refractivity contribution in [3.63, 3.8) is 0 Å². The van der Waals surface area contributed by atoms with E-state index in [1.807, 2.05) is 38.1 Å². The van der Waals surface area contributed by atoms with Crippen LogP contribution < -0.4 is 15.8 Å². The van der Waals surface area contributed by atoms with Crippen LogP contribution in [-0.4, -0.2) is 11.9 Å². The van der Waals surface area contributed by atoms with Crippen molar-refractivity contribution in [1.29, 1.82) is 0 Å². The van der Waals surface area contributed by atoms with Crippen molar-refractivity contribution >= 4 is 22.2 Å². The number of hydrogen-bond donors (Lipinski definition) is 2. The number of anilines is 1. The highest BCUT2D eigenvalue weighted by molar-refractivity contribution is 7.17. The molecule has 1 aromatic heterocycles. The minimum absolute atomic E-state index is 0.0764. The second kappa shape index (κ2) is 4.83. The first kappa shape index (κ1) is 13.0. The number of para-hydroxylation sites is 1. The van der Waals surface area contributed by atoms with E-state index in [0.717, 1.165) is 21.8 Å². The predicted molar refractivity (Wildman–Crippen MR) is 81.1 cm³/mol. The van der Waals surface area contributed by atoms with Crippen molar-refractivity contribution < 1.29 is 9.53 Å². The fourth-order valence-electron chi connectivity index (χ4n) is 2.39. The molecule has 3 rings (SSSR count). The number of carbonyl (C=O) groups excluding carboxylic acids is 1. The number of ether oxygens (including phenoxy) is 1. The second-order valence-corrected chi connectivity index (χ2v) is 6.19. The fraction of sp³-hybridized carbons (Fsp3) is 0.267. The Morgan fingerprint density at radius 3 is 2.90 bits per heavy atom. The summed E-state index contributed by atoms with van der Waals surface area (Å²) < 4.78 is 5.70. The van der Waals surface area contributed by atoms with Crippen LogP contribution in [-0.2, 0) is 6.61 Å². The first-order valence-corrected chi connectivity index (χ1v) is 7.33. The number of nitrogen functional groups attached to an aromatic ring is 1. The van der Waals surface area contributed by atoms with E-state index in [-0.39, 0.29) is 11.9 Å². The lowest BCUT2D eigenvalue weighted by molar-refractivity contribution is 0.0945. The Bertz CT molecular complexity index is 677. The van der Waals surface area contributed by atoms with Gasteiger partial charge in [0, 0.05) is 17.2 Å². The van der Waals surface area contributed by atoms with Crippen molar-refractivity contribution in [2.75, 3.05) is 5.73 Å². The Morgan fingerprint density at radius 1 is 1.40 bits per heavy atom. The molecule has 20 heavy (non-hydrogen) atoms. The number of carbonyl (C=O) groups is 1. The summed E-state index contributed by atoms with van der Waals surface area (Å²) in [6, 6.07) is 7.82. The normalized spacial score (nSPS) is 12.6. The van der Waals surface area contributed by atoms with Crippen LogP contribution in [0.1, 0.15) is 29.1 Å². The summed E-state index contributed by atoms with van der Waals surface area (Å²) in [5, 5.41) is 3.46. The average molecular weight is 288 g/mol. The van der Waals surface area contributed by atoms with Gasteiger partial charge in [-0.25, -0.2) is 0 Å². The summed E-state index contributed by atoms with van der Waals surface area (Å²) in [5.41, 5.74) is 8.50. The molecule has 0 atom stereocenters. The maximum absolute atomic E-state index is 12.4. The number of nitrogens with two attached hydrogens (primary N) is 1. The Morgan fingerprint density at radius 2 is 2.15 bits per heavy atom. The highest BCUT2D eigenvalue weighted by Gasteiger charge is 2.28. The van der Waals surface area contributed by atoms with E-state index in [1.54, 1.807) is 0 Å². The summed E-state index contributed by atoms with van der Waals surface area (Å²) in [5.74, 6) is 0.683. The molecule has 0 aliphatic carbocycles. The molecule has 0 fully saturated rings. The first-order chi connectivity index (χ1) is 9.58. The molecule has 0 unspecified atom stereocenters.